The summed E-state index contributed by atoms with van der Waals surface area (Å²) in [6.45, 7) is 2.34. The number of alkyl halides is 3. The second-order valence-electron chi connectivity index (χ2n) is 5.92. The van der Waals surface area contributed by atoms with Crippen LogP contribution in [0, 0.1) is 6.92 Å². The fourth-order valence-electron chi connectivity index (χ4n) is 2.88. The van der Waals surface area contributed by atoms with Crippen molar-refractivity contribution in [2.75, 3.05) is 19.7 Å². The van der Waals surface area contributed by atoms with Crippen molar-refractivity contribution in [1.29, 1.82) is 0 Å². The van der Waals surface area contributed by atoms with E-state index in [1.165, 1.54) is 4.90 Å². The number of hydrogen-bond acceptors (Lipinski definition) is 4. The van der Waals surface area contributed by atoms with Crippen LogP contribution in [0.25, 0.3) is 0 Å². The van der Waals surface area contributed by atoms with Crippen LogP contribution in [0.2, 0.25) is 0 Å². The first-order valence-electron chi connectivity index (χ1n) is 7.64. The van der Waals surface area contributed by atoms with E-state index in [0.29, 0.717) is 18.7 Å². The van der Waals surface area contributed by atoms with Gasteiger partial charge in [0.1, 0.15) is 18.5 Å². The number of ether oxygens (including phenoxy) is 1. The Hall–Kier alpha value is -1.31. The molecule has 0 spiro atoms. The molecule has 1 aliphatic heterocycles. The van der Waals surface area contributed by atoms with Crippen molar-refractivity contribution in [1.82, 2.24) is 4.90 Å². The maximum absolute atomic E-state index is 12.7. The maximum atomic E-state index is 12.7. The second-order valence-corrected chi connectivity index (χ2v) is 5.92. The van der Waals surface area contributed by atoms with Gasteiger partial charge in [0.15, 0.2) is 6.10 Å². The highest BCUT2D eigenvalue weighted by atomic mass is 19.4. The molecule has 2 rings (SSSR count). The average molecular weight is 333 g/mol. The van der Waals surface area contributed by atoms with Crippen LogP contribution < -0.4 is 4.74 Å². The molecular formula is C16H22F3NO3. The number of benzene rings is 1. The second kappa shape index (κ2) is 7.51. The summed E-state index contributed by atoms with van der Waals surface area (Å²) in [6, 6.07) is 6.33. The fourth-order valence-corrected chi connectivity index (χ4v) is 2.88. The van der Waals surface area contributed by atoms with Gasteiger partial charge in [-0.3, -0.25) is 4.90 Å². The van der Waals surface area contributed by atoms with Gasteiger partial charge in [0.05, 0.1) is 0 Å². The lowest BCUT2D eigenvalue weighted by molar-refractivity contribution is -0.220. The third-order valence-electron chi connectivity index (χ3n) is 4.08. The minimum atomic E-state index is -4.64. The zero-order chi connectivity index (χ0) is 17.0. The molecular weight excluding hydrogens is 311 g/mol. The van der Waals surface area contributed by atoms with Crippen molar-refractivity contribution in [2.45, 2.75) is 44.2 Å². The molecule has 4 nitrogen and oxygen atoms in total. The molecule has 23 heavy (non-hydrogen) atoms. The maximum Gasteiger partial charge on any atom is 0.415 e. The first-order chi connectivity index (χ1) is 10.8. The monoisotopic (exact) mass is 333 g/mol. The summed E-state index contributed by atoms with van der Waals surface area (Å²) in [4.78, 5) is 1.49. The number of aliphatic hydroxyl groups is 2. The third-order valence-corrected chi connectivity index (χ3v) is 4.08. The first kappa shape index (κ1) is 18.0. The van der Waals surface area contributed by atoms with Gasteiger partial charge < -0.3 is 14.9 Å². The van der Waals surface area contributed by atoms with Crippen molar-refractivity contribution in [2.24, 2.45) is 0 Å². The van der Waals surface area contributed by atoms with Gasteiger partial charge in [-0.05, 0) is 37.9 Å². The van der Waals surface area contributed by atoms with Gasteiger partial charge >= 0.3 is 6.18 Å². The van der Waals surface area contributed by atoms with Crippen LogP contribution >= 0.6 is 0 Å². The molecule has 0 bridgehead atoms. The summed E-state index contributed by atoms with van der Waals surface area (Å²) in [5.41, 5.74) is 0.922. The number of likely N-dealkylation sites (tertiary alicyclic amines) is 1. The molecule has 1 saturated heterocycles. The number of aliphatic hydroxyl groups excluding tert-OH is 2. The molecule has 0 radical (unpaired) electrons. The number of para-hydroxylation sites is 1. The fraction of sp³-hybridized carbons (Fsp3) is 0.625. The SMILES string of the molecule is Cc1ccccc1OC[C@H](O)CN1CCC[C@@H]1[C@H](O)C(F)(F)F. The van der Waals surface area contributed by atoms with Gasteiger partial charge in [0.25, 0.3) is 0 Å². The molecule has 2 N–H and O–H groups in total. The quantitative estimate of drug-likeness (QED) is 0.837. The summed E-state index contributed by atoms with van der Waals surface area (Å²) in [7, 11) is 0. The van der Waals surface area contributed by atoms with Crippen LogP contribution in [0.1, 0.15) is 18.4 Å². The highest BCUT2D eigenvalue weighted by Gasteiger charge is 2.47. The van der Waals surface area contributed by atoms with Crippen LogP contribution in [0.4, 0.5) is 13.2 Å². The van der Waals surface area contributed by atoms with E-state index in [2.05, 4.69) is 0 Å². The predicted octanol–water partition coefficient (Wildman–Crippen LogP) is 2.12. The van der Waals surface area contributed by atoms with E-state index in [-0.39, 0.29) is 19.6 Å². The zero-order valence-electron chi connectivity index (χ0n) is 13.0. The van der Waals surface area contributed by atoms with E-state index in [0.717, 1.165) is 5.56 Å². The molecule has 1 fully saturated rings. The van der Waals surface area contributed by atoms with Crippen molar-refractivity contribution < 1.29 is 28.1 Å². The van der Waals surface area contributed by atoms with Crippen molar-refractivity contribution >= 4 is 0 Å². The molecule has 0 amide bonds. The summed E-state index contributed by atoms with van der Waals surface area (Å²) in [5, 5.41) is 19.5. The molecule has 0 aliphatic carbocycles. The third kappa shape index (κ3) is 4.83. The highest BCUT2D eigenvalue weighted by Crippen LogP contribution is 2.30. The summed E-state index contributed by atoms with van der Waals surface area (Å²) in [5.74, 6) is 0.639. The Labute approximate surface area is 133 Å². The van der Waals surface area contributed by atoms with E-state index in [1.54, 1.807) is 6.07 Å². The Morgan fingerprint density at radius 2 is 2.00 bits per heavy atom. The molecule has 7 heteroatoms. The van der Waals surface area contributed by atoms with Crippen LogP contribution in [-0.2, 0) is 0 Å². The summed E-state index contributed by atoms with van der Waals surface area (Å²) < 4.78 is 43.5. The van der Waals surface area contributed by atoms with E-state index in [4.69, 9.17) is 4.74 Å². The van der Waals surface area contributed by atoms with Crippen molar-refractivity contribution in [3.8, 4) is 5.75 Å². The summed E-state index contributed by atoms with van der Waals surface area (Å²) >= 11 is 0. The molecule has 0 aromatic heterocycles. The van der Waals surface area contributed by atoms with Gasteiger partial charge in [-0.2, -0.15) is 13.2 Å². The Morgan fingerprint density at radius 1 is 1.30 bits per heavy atom. The Kier molecular flexibility index (Phi) is 5.89. The standard InChI is InChI=1S/C16H22F3NO3/c1-11-5-2-3-7-14(11)23-10-12(21)9-20-8-4-6-13(20)15(22)16(17,18)19/h2-3,5,7,12-13,15,21-22H,4,6,8-10H2,1H3/t12-,13-,15+/m1/s1. The highest BCUT2D eigenvalue weighted by molar-refractivity contribution is 5.31. The smallest absolute Gasteiger partial charge is 0.415 e. The Bertz CT molecular complexity index is 510. The zero-order valence-corrected chi connectivity index (χ0v) is 13.0. The molecule has 1 aromatic carbocycles. The number of β-amino-alcohol motifs (C(OH)–C–C–N with tert-alkyl or cyclic N) is 1. The lowest BCUT2D eigenvalue weighted by Crippen LogP contribution is -2.49. The van der Waals surface area contributed by atoms with Gasteiger partial charge in [0, 0.05) is 12.6 Å². The minimum Gasteiger partial charge on any atom is -0.491 e. The van der Waals surface area contributed by atoms with Gasteiger partial charge in [-0.15, -0.1) is 0 Å². The number of hydrogen-bond donors (Lipinski definition) is 2. The number of rotatable bonds is 6. The lowest BCUT2D eigenvalue weighted by Gasteiger charge is -2.31. The van der Waals surface area contributed by atoms with Crippen molar-refractivity contribution in [3.63, 3.8) is 0 Å². The lowest BCUT2D eigenvalue weighted by atomic mass is 10.1. The van der Waals surface area contributed by atoms with E-state index < -0.39 is 24.4 Å². The van der Waals surface area contributed by atoms with Gasteiger partial charge in [-0.25, -0.2) is 0 Å². The topological polar surface area (TPSA) is 52.9 Å². The molecule has 0 saturated carbocycles. The van der Waals surface area contributed by atoms with Crippen LogP contribution in [0.5, 0.6) is 5.75 Å². The Balaban J connectivity index is 1.87. The summed E-state index contributed by atoms with van der Waals surface area (Å²) in [6.07, 6.45) is -7.10. The number of nitrogens with zero attached hydrogens (tertiary/aromatic N) is 1. The Morgan fingerprint density at radius 3 is 2.65 bits per heavy atom. The molecule has 130 valence electrons. The van der Waals surface area contributed by atoms with Crippen LogP contribution in [-0.4, -0.2) is 59.2 Å². The molecule has 1 aliphatic rings. The molecule has 1 aromatic rings. The largest absolute Gasteiger partial charge is 0.491 e. The number of halogens is 3. The molecule has 0 unspecified atom stereocenters. The normalized spacial score (nSPS) is 22.1. The molecule has 3 atom stereocenters. The van der Waals surface area contributed by atoms with Crippen LogP contribution in [0.3, 0.4) is 0 Å². The first-order valence-corrected chi connectivity index (χ1v) is 7.64. The van der Waals surface area contributed by atoms with E-state index in [9.17, 15) is 23.4 Å². The predicted molar refractivity (Wildman–Crippen MR) is 79.3 cm³/mol. The van der Waals surface area contributed by atoms with E-state index >= 15 is 0 Å². The van der Waals surface area contributed by atoms with Crippen LogP contribution in [0.15, 0.2) is 24.3 Å². The average Bonchev–Trinajstić information content (AvgIpc) is 2.92. The number of aryl methyl sites for hydroxylation is 1. The van der Waals surface area contributed by atoms with Gasteiger partial charge in [-0.1, -0.05) is 18.2 Å². The minimum absolute atomic E-state index is 0.00378. The van der Waals surface area contributed by atoms with Gasteiger partial charge in [0.2, 0.25) is 0 Å². The van der Waals surface area contributed by atoms with E-state index in [1.807, 2.05) is 25.1 Å². The molecule has 1 heterocycles. The van der Waals surface area contributed by atoms with Crippen molar-refractivity contribution in [3.05, 3.63) is 29.8 Å².